The standard InChI is InChI=1S/C16H17N7O5/c1-2-21-9-12(15(20-21)16(25)17-8-11-4-3-7-28-11)18-14(24)10-22-6-5-13(19-22)23(26)27/h3-7,9H,2,8,10H2,1H3,(H,17,25)(H,18,24). The Morgan fingerprint density at radius 1 is 1.29 bits per heavy atom. The lowest BCUT2D eigenvalue weighted by atomic mass is 10.3. The Morgan fingerprint density at radius 3 is 2.75 bits per heavy atom. The van der Waals surface area contributed by atoms with Crippen LogP contribution >= 0.6 is 0 Å². The van der Waals surface area contributed by atoms with Gasteiger partial charge in [-0.3, -0.25) is 14.3 Å². The first kappa shape index (κ1) is 18.8. The molecule has 3 heterocycles. The first-order valence-electron chi connectivity index (χ1n) is 8.32. The molecule has 12 nitrogen and oxygen atoms in total. The van der Waals surface area contributed by atoms with Gasteiger partial charge in [-0.15, -0.1) is 0 Å². The average Bonchev–Trinajstić information content (AvgIpc) is 3.40. The van der Waals surface area contributed by atoms with Gasteiger partial charge >= 0.3 is 5.82 Å². The summed E-state index contributed by atoms with van der Waals surface area (Å²) >= 11 is 0. The topological polar surface area (TPSA) is 150 Å². The molecule has 3 rings (SSSR count). The number of hydrogen-bond acceptors (Lipinski definition) is 7. The van der Waals surface area contributed by atoms with E-state index < -0.39 is 16.7 Å². The molecule has 12 heteroatoms. The molecule has 0 aliphatic rings. The van der Waals surface area contributed by atoms with E-state index in [1.54, 1.807) is 12.1 Å². The lowest BCUT2D eigenvalue weighted by Gasteiger charge is -2.05. The number of anilines is 1. The smallest absolute Gasteiger partial charge is 0.389 e. The molecule has 0 radical (unpaired) electrons. The van der Waals surface area contributed by atoms with Crippen molar-refractivity contribution in [2.75, 3.05) is 5.32 Å². The SMILES string of the molecule is CCn1cc(NC(=O)Cn2ccc([N+](=O)[O-])n2)c(C(=O)NCc2ccco2)n1. The Balaban J connectivity index is 1.68. The predicted octanol–water partition coefficient (Wildman–Crippen LogP) is 1.17. The van der Waals surface area contributed by atoms with Crippen LogP contribution in [-0.4, -0.2) is 36.3 Å². The van der Waals surface area contributed by atoms with E-state index in [0.29, 0.717) is 12.3 Å². The number of amides is 2. The molecule has 0 atom stereocenters. The summed E-state index contributed by atoms with van der Waals surface area (Å²) < 4.78 is 7.80. The summed E-state index contributed by atoms with van der Waals surface area (Å²) in [7, 11) is 0. The monoisotopic (exact) mass is 387 g/mol. The molecule has 0 saturated heterocycles. The molecule has 0 spiro atoms. The molecule has 0 bridgehead atoms. The quantitative estimate of drug-likeness (QED) is 0.435. The van der Waals surface area contributed by atoms with Gasteiger partial charge in [0.25, 0.3) is 5.91 Å². The highest BCUT2D eigenvalue weighted by molar-refractivity contribution is 6.02. The van der Waals surface area contributed by atoms with Gasteiger partial charge in [-0.1, -0.05) is 0 Å². The Hall–Kier alpha value is -3.96. The van der Waals surface area contributed by atoms with Crippen LogP contribution in [-0.2, 0) is 24.4 Å². The second-order valence-electron chi connectivity index (χ2n) is 5.69. The molecular weight excluding hydrogens is 370 g/mol. The summed E-state index contributed by atoms with van der Waals surface area (Å²) in [5.41, 5.74) is 0.277. The summed E-state index contributed by atoms with van der Waals surface area (Å²) in [6.45, 7) is 2.26. The molecule has 0 unspecified atom stereocenters. The Kier molecular flexibility index (Phi) is 5.48. The van der Waals surface area contributed by atoms with E-state index in [2.05, 4.69) is 20.8 Å². The third-order valence-corrected chi connectivity index (χ3v) is 3.70. The van der Waals surface area contributed by atoms with Crippen LogP contribution < -0.4 is 10.6 Å². The molecule has 2 N–H and O–H groups in total. The van der Waals surface area contributed by atoms with Gasteiger partial charge in [0.1, 0.15) is 12.3 Å². The van der Waals surface area contributed by atoms with Crippen molar-refractivity contribution in [3.8, 4) is 0 Å². The second-order valence-corrected chi connectivity index (χ2v) is 5.69. The lowest BCUT2D eigenvalue weighted by molar-refractivity contribution is -0.389. The van der Waals surface area contributed by atoms with Crippen molar-refractivity contribution in [3.05, 3.63) is 58.4 Å². The zero-order chi connectivity index (χ0) is 20.1. The number of nitrogens with one attached hydrogen (secondary N) is 2. The van der Waals surface area contributed by atoms with Gasteiger partial charge in [0, 0.05) is 12.7 Å². The fourth-order valence-electron chi connectivity index (χ4n) is 2.38. The van der Waals surface area contributed by atoms with Crippen LogP contribution in [0.5, 0.6) is 0 Å². The third kappa shape index (κ3) is 4.41. The number of carbonyl (C=O) groups is 2. The van der Waals surface area contributed by atoms with Crippen molar-refractivity contribution < 1.29 is 18.9 Å². The van der Waals surface area contributed by atoms with Crippen LogP contribution in [0.4, 0.5) is 11.5 Å². The van der Waals surface area contributed by atoms with Crippen molar-refractivity contribution in [3.63, 3.8) is 0 Å². The first-order chi connectivity index (χ1) is 13.5. The number of hydrogen-bond donors (Lipinski definition) is 2. The first-order valence-corrected chi connectivity index (χ1v) is 8.32. The summed E-state index contributed by atoms with van der Waals surface area (Å²) in [6, 6.07) is 4.62. The van der Waals surface area contributed by atoms with Crippen LogP contribution in [0, 0.1) is 10.1 Å². The summed E-state index contributed by atoms with van der Waals surface area (Å²) in [5, 5.41) is 23.8. The van der Waals surface area contributed by atoms with Crippen LogP contribution in [0.2, 0.25) is 0 Å². The predicted molar refractivity (Wildman–Crippen MR) is 95.3 cm³/mol. The van der Waals surface area contributed by atoms with Crippen LogP contribution in [0.25, 0.3) is 0 Å². The number of nitrogens with zero attached hydrogens (tertiary/aromatic N) is 5. The van der Waals surface area contributed by atoms with E-state index in [0.717, 1.165) is 4.68 Å². The minimum atomic E-state index is -0.652. The molecule has 146 valence electrons. The van der Waals surface area contributed by atoms with Crippen LogP contribution in [0.15, 0.2) is 41.3 Å². The van der Waals surface area contributed by atoms with Gasteiger partial charge in [0.05, 0.1) is 35.9 Å². The Morgan fingerprint density at radius 2 is 2.11 bits per heavy atom. The van der Waals surface area contributed by atoms with Gasteiger partial charge in [-0.25, -0.2) is 0 Å². The Bertz CT molecular complexity index is 989. The molecule has 0 aliphatic carbocycles. The normalized spacial score (nSPS) is 10.6. The fraction of sp³-hybridized carbons (Fsp3) is 0.250. The summed E-state index contributed by atoms with van der Waals surface area (Å²) in [4.78, 5) is 34.7. The van der Waals surface area contributed by atoms with Gasteiger partial charge in [0.2, 0.25) is 5.91 Å². The van der Waals surface area contributed by atoms with Gasteiger partial charge in [0.15, 0.2) is 5.69 Å². The second kappa shape index (κ2) is 8.16. The fourth-order valence-corrected chi connectivity index (χ4v) is 2.38. The van der Waals surface area contributed by atoms with Crippen molar-refractivity contribution in [2.45, 2.75) is 26.6 Å². The van der Waals surface area contributed by atoms with Crippen molar-refractivity contribution in [1.82, 2.24) is 24.9 Å². The van der Waals surface area contributed by atoms with E-state index in [4.69, 9.17) is 4.42 Å². The van der Waals surface area contributed by atoms with Gasteiger partial charge in [-0.2, -0.15) is 9.78 Å². The highest BCUT2D eigenvalue weighted by atomic mass is 16.6. The van der Waals surface area contributed by atoms with Gasteiger partial charge < -0.3 is 25.2 Å². The zero-order valence-electron chi connectivity index (χ0n) is 14.9. The zero-order valence-corrected chi connectivity index (χ0v) is 14.9. The minimum absolute atomic E-state index is 0.0493. The molecule has 2 amide bonds. The van der Waals surface area contributed by atoms with Gasteiger partial charge in [-0.05, 0) is 24.0 Å². The molecule has 0 aliphatic heterocycles. The van der Waals surface area contributed by atoms with E-state index in [-0.39, 0.29) is 30.3 Å². The number of rotatable bonds is 8. The van der Waals surface area contributed by atoms with E-state index in [1.165, 1.54) is 29.4 Å². The van der Waals surface area contributed by atoms with Crippen LogP contribution in [0.3, 0.4) is 0 Å². The molecule has 28 heavy (non-hydrogen) atoms. The summed E-state index contributed by atoms with van der Waals surface area (Å²) in [6.07, 6.45) is 4.36. The molecule has 3 aromatic rings. The largest absolute Gasteiger partial charge is 0.467 e. The van der Waals surface area contributed by atoms with Crippen molar-refractivity contribution in [1.29, 1.82) is 0 Å². The maximum atomic E-state index is 12.4. The highest BCUT2D eigenvalue weighted by Crippen LogP contribution is 2.15. The van der Waals surface area contributed by atoms with E-state index in [9.17, 15) is 19.7 Å². The maximum absolute atomic E-state index is 12.4. The number of aryl methyl sites for hydroxylation is 1. The van der Waals surface area contributed by atoms with E-state index in [1.807, 2.05) is 6.92 Å². The molecule has 3 aromatic heterocycles. The number of carbonyl (C=O) groups excluding carboxylic acids is 2. The minimum Gasteiger partial charge on any atom is -0.467 e. The number of furan rings is 1. The van der Waals surface area contributed by atoms with Crippen LogP contribution in [0.1, 0.15) is 23.2 Å². The van der Waals surface area contributed by atoms with E-state index >= 15 is 0 Å². The van der Waals surface area contributed by atoms with Crippen molar-refractivity contribution in [2.24, 2.45) is 0 Å². The number of aromatic nitrogens is 4. The summed E-state index contributed by atoms with van der Waals surface area (Å²) in [5.74, 6) is -0.763. The lowest BCUT2D eigenvalue weighted by Crippen LogP contribution is -2.26. The average molecular weight is 387 g/mol. The molecule has 0 saturated carbocycles. The molecule has 0 aromatic carbocycles. The van der Waals surface area contributed by atoms with Crippen molar-refractivity contribution >= 4 is 23.3 Å². The molecular formula is C16H17N7O5. The Labute approximate surface area is 158 Å². The third-order valence-electron chi connectivity index (χ3n) is 3.70. The maximum Gasteiger partial charge on any atom is 0.389 e. The number of nitro groups is 1. The highest BCUT2D eigenvalue weighted by Gasteiger charge is 2.20. The molecule has 0 fully saturated rings.